The van der Waals surface area contributed by atoms with Gasteiger partial charge in [-0.05, 0) is 35.1 Å². The number of aromatic nitrogens is 1. The van der Waals surface area contributed by atoms with E-state index in [9.17, 15) is 9.59 Å². The Kier molecular flexibility index (Phi) is 4.97. The SMILES string of the molecule is O=C1c2c(OP)c(=O)ccn2N(C2c3ccccc3CCc3ccccc32)C2COCCN12. The second kappa shape index (κ2) is 8.01. The first-order valence-corrected chi connectivity index (χ1v) is 11.6. The van der Waals surface area contributed by atoms with E-state index in [1.165, 1.54) is 28.3 Å². The lowest BCUT2D eigenvalue weighted by Crippen LogP contribution is -2.66. The molecule has 0 spiro atoms. The zero-order chi connectivity index (χ0) is 22.5. The van der Waals surface area contributed by atoms with E-state index < -0.39 is 0 Å². The van der Waals surface area contributed by atoms with Crippen LogP contribution in [0.5, 0.6) is 5.75 Å². The number of aryl methyl sites for hydroxylation is 2. The van der Waals surface area contributed by atoms with Crippen LogP contribution in [0, 0.1) is 0 Å². The summed E-state index contributed by atoms with van der Waals surface area (Å²) in [7, 11) is 2.11. The smallest absolute Gasteiger partial charge is 0.278 e. The fourth-order valence-electron chi connectivity index (χ4n) is 5.41. The number of ether oxygens (including phenoxy) is 1. The first-order chi connectivity index (χ1) is 16.2. The molecule has 0 bridgehead atoms. The summed E-state index contributed by atoms with van der Waals surface area (Å²) in [6, 6.07) is 18.3. The fraction of sp³-hybridized carbons (Fsp3) is 0.280. The van der Waals surface area contributed by atoms with E-state index in [-0.39, 0.29) is 35.0 Å². The number of benzene rings is 2. The number of hydrogen-bond donors (Lipinski definition) is 0. The van der Waals surface area contributed by atoms with E-state index >= 15 is 0 Å². The number of carbonyl (C=O) groups is 1. The largest absolute Gasteiger partial charge is 0.474 e. The Morgan fingerprint density at radius 1 is 0.939 bits per heavy atom. The maximum absolute atomic E-state index is 13.6. The second-order valence-electron chi connectivity index (χ2n) is 8.55. The summed E-state index contributed by atoms with van der Waals surface area (Å²) in [5.41, 5.74) is 4.88. The van der Waals surface area contributed by atoms with Crippen LogP contribution in [0.25, 0.3) is 0 Å². The molecule has 6 rings (SSSR count). The van der Waals surface area contributed by atoms with Gasteiger partial charge in [-0.3, -0.25) is 19.3 Å². The summed E-state index contributed by atoms with van der Waals surface area (Å²) in [6.45, 7) is 1.30. The van der Waals surface area contributed by atoms with Gasteiger partial charge in [0.15, 0.2) is 5.69 Å². The summed E-state index contributed by atoms with van der Waals surface area (Å²) in [6.07, 6.45) is 3.25. The highest BCUT2D eigenvalue weighted by atomic mass is 31.0. The zero-order valence-electron chi connectivity index (χ0n) is 18.0. The lowest BCUT2D eigenvalue weighted by Gasteiger charge is -2.51. The Labute approximate surface area is 193 Å². The molecule has 0 saturated carbocycles. The molecule has 7 nitrogen and oxygen atoms in total. The van der Waals surface area contributed by atoms with Crippen LogP contribution < -0.4 is 15.0 Å². The number of nitrogens with zero attached hydrogens (tertiary/aromatic N) is 3. The molecule has 2 aromatic carbocycles. The predicted molar refractivity (Wildman–Crippen MR) is 127 cm³/mol. The van der Waals surface area contributed by atoms with Gasteiger partial charge < -0.3 is 14.2 Å². The average Bonchev–Trinajstić information content (AvgIpc) is 3.02. The van der Waals surface area contributed by atoms with Gasteiger partial charge in [0.25, 0.3) is 5.91 Å². The van der Waals surface area contributed by atoms with Crippen LogP contribution in [0.1, 0.15) is 38.8 Å². The number of rotatable bonds is 2. The minimum atomic E-state index is -0.321. The minimum absolute atomic E-state index is 0.0395. The van der Waals surface area contributed by atoms with Crippen molar-refractivity contribution in [2.75, 3.05) is 24.8 Å². The summed E-state index contributed by atoms with van der Waals surface area (Å²) in [5, 5.41) is 2.19. The first kappa shape index (κ1) is 20.5. The molecule has 1 fully saturated rings. The average molecular weight is 461 g/mol. The standard InChI is InChI=1S/C25H24N3O4P/c29-20-11-12-27-23(24(20)32-33)25(30)26-13-14-31-15-21(26)28(27)22-18-7-3-1-5-16(18)9-10-17-6-2-4-8-19(17)22/h1-8,11-12,21-22H,9-10,13-15,33H2. The molecule has 2 aliphatic heterocycles. The van der Waals surface area contributed by atoms with Crippen molar-refractivity contribution in [3.05, 3.63) is 99.0 Å². The molecule has 3 heterocycles. The van der Waals surface area contributed by atoms with Crippen LogP contribution in [0.3, 0.4) is 0 Å². The summed E-state index contributed by atoms with van der Waals surface area (Å²) in [4.78, 5) is 28.0. The Bertz CT molecular complexity index is 1260. The minimum Gasteiger partial charge on any atom is -0.474 e. The Morgan fingerprint density at radius 3 is 2.27 bits per heavy atom. The van der Waals surface area contributed by atoms with Gasteiger partial charge in [-0.2, -0.15) is 0 Å². The Hall–Kier alpha value is -3.15. The van der Waals surface area contributed by atoms with Crippen molar-refractivity contribution < 1.29 is 14.1 Å². The van der Waals surface area contributed by atoms with Gasteiger partial charge in [-0.15, -0.1) is 0 Å². The van der Waals surface area contributed by atoms with E-state index in [0.717, 1.165) is 12.8 Å². The quantitative estimate of drug-likeness (QED) is 0.549. The highest BCUT2D eigenvalue weighted by Crippen LogP contribution is 2.40. The Balaban J connectivity index is 1.66. The molecule has 2 unspecified atom stereocenters. The monoisotopic (exact) mass is 461 g/mol. The molecule has 0 radical (unpaired) electrons. The second-order valence-corrected chi connectivity index (χ2v) is 8.79. The lowest BCUT2D eigenvalue weighted by molar-refractivity contribution is -0.0195. The maximum Gasteiger partial charge on any atom is 0.278 e. The van der Waals surface area contributed by atoms with Gasteiger partial charge in [0.2, 0.25) is 11.2 Å². The number of fused-ring (bicyclic) bond motifs is 4. The number of amides is 1. The van der Waals surface area contributed by atoms with E-state index in [4.69, 9.17) is 9.26 Å². The van der Waals surface area contributed by atoms with E-state index in [1.54, 1.807) is 6.20 Å². The van der Waals surface area contributed by atoms with Crippen molar-refractivity contribution in [1.29, 1.82) is 0 Å². The van der Waals surface area contributed by atoms with Crippen LogP contribution in [0.2, 0.25) is 0 Å². The molecule has 3 aromatic rings. The molecule has 33 heavy (non-hydrogen) atoms. The highest BCUT2D eigenvalue weighted by Gasteiger charge is 2.45. The van der Waals surface area contributed by atoms with Crippen molar-refractivity contribution >= 4 is 15.4 Å². The third-order valence-electron chi connectivity index (χ3n) is 6.90. The van der Waals surface area contributed by atoms with Crippen molar-refractivity contribution in [2.24, 2.45) is 0 Å². The number of morpholine rings is 1. The van der Waals surface area contributed by atoms with E-state index in [1.807, 2.05) is 9.58 Å². The van der Waals surface area contributed by atoms with Gasteiger partial charge in [-0.1, -0.05) is 48.5 Å². The lowest BCUT2D eigenvalue weighted by atomic mass is 9.93. The summed E-state index contributed by atoms with van der Waals surface area (Å²) >= 11 is 0. The molecule has 1 amide bonds. The third kappa shape index (κ3) is 3.10. The number of pyridine rings is 1. The van der Waals surface area contributed by atoms with Gasteiger partial charge in [0.05, 0.1) is 28.7 Å². The van der Waals surface area contributed by atoms with Gasteiger partial charge in [0, 0.05) is 18.8 Å². The van der Waals surface area contributed by atoms with Crippen molar-refractivity contribution in [3.63, 3.8) is 0 Å². The molecule has 1 aromatic heterocycles. The topological polar surface area (TPSA) is 64.0 Å². The normalized spacial score (nSPS) is 19.8. The molecule has 8 heteroatoms. The van der Waals surface area contributed by atoms with Crippen molar-refractivity contribution in [1.82, 2.24) is 9.58 Å². The van der Waals surface area contributed by atoms with Gasteiger partial charge in [0.1, 0.15) is 6.17 Å². The zero-order valence-corrected chi connectivity index (χ0v) is 19.2. The van der Waals surface area contributed by atoms with Gasteiger partial charge >= 0.3 is 0 Å². The number of carbonyl (C=O) groups excluding carboxylic acids is 1. The molecular weight excluding hydrogens is 437 g/mol. The van der Waals surface area contributed by atoms with Crippen LogP contribution >= 0.6 is 9.47 Å². The molecule has 1 saturated heterocycles. The Morgan fingerprint density at radius 2 is 1.61 bits per heavy atom. The fourth-order valence-corrected chi connectivity index (χ4v) is 5.64. The first-order valence-electron chi connectivity index (χ1n) is 11.1. The molecule has 0 N–H and O–H groups in total. The predicted octanol–water partition coefficient (Wildman–Crippen LogP) is 2.66. The summed E-state index contributed by atoms with van der Waals surface area (Å²) in [5.74, 6) is -0.178. The molecule has 3 aliphatic rings. The summed E-state index contributed by atoms with van der Waals surface area (Å²) < 4.78 is 13.0. The van der Waals surface area contributed by atoms with Crippen LogP contribution in [-0.4, -0.2) is 41.4 Å². The molecule has 2 atom stereocenters. The van der Waals surface area contributed by atoms with Crippen molar-refractivity contribution in [3.8, 4) is 5.75 Å². The van der Waals surface area contributed by atoms with Crippen molar-refractivity contribution in [2.45, 2.75) is 25.0 Å². The van der Waals surface area contributed by atoms with Crippen LogP contribution in [-0.2, 0) is 17.6 Å². The molecular formula is C25H24N3O4P. The molecule has 168 valence electrons. The number of hydrogen-bond acceptors (Lipinski definition) is 5. The maximum atomic E-state index is 13.6. The molecule has 1 aliphatic carbocycles. The van der Waals surface area contributed by atoms with Crippen LogP contribution in [0.4, 0.5) is 0 Å². The highest BCUT2D eigenvalue weighted by molar-refractivity contribution is 7.10. The van der Waals surface area contributed by atoms with E-state index in [2.05, 4.69) is 63.0 Å². The van der Waals surface area contributed by atoms with E-state index in [0.29, 0.717) is 19.8 Å². The third-order valence-corrected chi connectivity index (χ3v) is 7.14. The van der Waals surface area contributed by atoms with Gasteiger partial charge in [-0.25, -0.2) is 0 Å². The van der Waals surface area contributed by atoms with Crippen LogP contribution in [0.15, 0.2) is 65.6 Å².